The topological polar surface area (TPSA) is 18.5 Å². The maximum absolute atomic E-state index is 6.10. The van der Waals surface area contributed by atoms with Crippen LogP contribution in [0.25, 0.3) is 0 Å². The van der Waals surface area contributed by atoms with Gasteiger partial charge in [0.25, 0.3) is 0 Å². The summed E-state index contributed by atoms with van der Waals surface area (Å²) in [6, 6.07) is 7.16. The van der Waals surface area contributed by atoms with E-state index in [1.807, 2.05) is 12.1 Å². The molecule has 1 saturated heterocycles. The molecule has 0 amide bonds. The number of rotatable bonds is 3. The second-order valence-corrected chi connectivity index (χ2v) is 5.86. The highest BCUT2D eigenvalue weighted by molar-refractivity contribution is 6.31. The average Bonchev–Trinajstić information content (AvgIpc) is 2.57. The van der Waals surface area contributed by atoms with Gasteiger partial charge in [0, 0.05) is 37.7 Å². The Balaban J connectivity index is 2.15. The normalized spacial score (nSPS) is 24.3. The quantitative estimate of drug-likeness (QED) is 0.909. The smallest absolute Gasteiger partial charge is 0.0597 e. The number of halogens is 1. The summed E-state index contributed by atoms with van der Waals surface area (Å²) < 4.78 is 0. The molecule has 0 aromatic heterocycles. The van der Waals surface area contributed by atoms with Crippen molar-refractivity contribution in [2.24, 2.45) is 0 Å². The molecule has 0 radical (unpaired) electrons. The van der Waals surface area contributed by atoms with Crippen LogP contribution in [0.1, 0.15) is 13.3 Å². The number of nitrogens with zero attached hydrogens (tertiary/aromatic N) is 2. The predicted octanol–water partition coefficient (Wildman–Crippen LogP) is 2.91. The Bertz CT molecular complexity index is 410. The van der Waals surface area contributed by atoms with E-state index in [1.165, 1.54) is 12.1 Å². The van der Waals surface area contributed by atoms with Crippen LogP contribution in [0.4, 0.5) is 11.4 Å². The molecule has 2 unspecified atom stereocenters. The first-order valence-corrected chi connectivity index (χ1v) is 6.79. The Labute approximate surface area is 115 Å². The standard InChI is InChI=1S/C14H22ClN3/c1-10-7-12(9-18(10)4)16-13-8-11(15)5-6-14(13)17(2)3/h5-6,8,10,12,16H,7,9H2,1-4H3. The molecule has 0 spiro atoms. The summed E-state index contributed by atoms with van der Waals surface area (Å²) in [6.07, 6.45) is 1.18. The summed E-state index contributed by atoms with van der Waals surface area (Å²) in [4.78, 5) is 4.50. The van der Waals surface area contributed by atoms with Gasteiger partial charge in [-0.05, 0) is 38.6 Å². The van der Waals surface area contributed by atoms with Crippen LogP contribution in [0.15, 0.2) is 18.2 Å². The Morgan fingerprint density at radius 1 is 1.39 bits per heavy atom. The molecule has 1 heterocycles. The first-order valence-electron chi connectivity index (χ1n) is 6.41. The molecule has 1 aliphatic rings. The summed E-state index contributed by atoms with van der Waals surface area (Å²) in [5.74, 6) is 0. The Hall–Kier alpha value is -0.930. The highest BCUT2D eigenvalue weighted by atomic mass is 35.5. The van der Waals surface area contributed by atoms with E-state index in [0.29, 0.717) is 12.1 Å². The van der Waals surface area contributed by atoms with Crippen molar-refractivity contribution in [3.8, 4) is 0 Å². The lowest BCUT2D eigenvalue weighted by Crippen LogP contribution is -2.25. The van der Waals surface area contributed by atoms with Crippen molar-refractivity contribution >= 4 is 23.0 Å². The molecule has 18 heavy (non-hydrogen) atoms. The fourth-order valence-corrected chi connectivity index (χ4v) is 2.70. The van der Waals surface area contributed by atoms with Crippen molar-refractivity contribution in [1.82, 2.24) is 4.90 Å². The van der Waals surface area contributed by atoms with Crippen molar-refractivity contribution in [3.05, 3.63) is 23.2 Å². The molecule has 2 atom stereocenters. The molecular formula is C14H22ClN3. The Kier molecular flexibility index (Phi) is 4.03. The van der Waals surface area contributed by atoms with E-state index < -0.39 is 0 Å². The minimum Gasteiger partial charge on any atom is -0.379 e. The van der Waals surface area contributed by atoms with Gasteiger partial charge in [-0.1, -0.05) is 11.6 Å². The van der Waals surface area contributed by atoms with Gasteiger partial charge in [-0.25, -0.2) is 0 Å². The highest BCUT2D eigenvalue weighted by Crippen LogP contribution is 2.30. The third-order valence-electron chi connectivity index (χ3n) is 3.69. The zero-order valence-corrected chi connectivity index (χ0v) is 12.3. The molecule has 1 aliphatic heterocycles. The van der Waals surface area contributed by atoms with Crippen LogP contribution in [-0.2, 0) is 0 Å². The van der Waals surface area contributed by atoms with Gasteiger partial charge in [0.15, 0.2) is 0 Å². The third-order valence-corrected chi connectivity index (χ3v) is 3.92. The number of likely N-dealkylation sites (N-methyl/N-ethyl adjacent to an activating group) is 1. The molecule has 0 bridgehead atoms. The van der Waals surface area contributed by atoms with Gasteiger partial charge in [0.05, 0.1) is 11.4 Å². The van der Waals surface area contributed by atoms with Crippen LogP contribution in [0.2, 0.25) is 5.02 Å². The maximum atomic E-state index is 6.10. The van der Waals surface area contributed by atoms with E-state index in [2.05, 4.69) is 49.2 Å². The molecule has 1 aromatic carbocycles. The predicted molar refractivity (Wildman–Crippen MR) is 79.9 cm³/mol. The van der Waals surface area contributed by atoms with Gasteiger partial charge in [-0.15, -0.1) is 0 Å². The summed E-state index contributed by atoms with van der Waals surface area (Å²) in [7, 11) is 6.28. The van der Waals surface area contributed by atoms with Gasteiger partial charge in [-0.2, -0.15) is 0 Å². The van der Waals surface area contributed by atoms with Crippen LogP contribution in [0, 0.1) is 0 Å². The molecule has 100 valence electrons. The second-order valence-electron chi connectivity index (χ2n) is 5.42. The van der Waals surface area contributed by atoms with Crippen LogP contribution in [0.3, 0.4) is 0 Å². The molecule has 1 fully saturated rings. The lowest BCUT2D eigenvalue weighted by atomic mass is 10.1. The average molecular weight is 268 g/mol. The minimum absolute atomic E-state index is 0.502. The van der Waals surface area contributed by atoms with E-state index in [4.69, 9.17) is 11.6 Å². The first kappa shape index (κ1) is 13.5. The maximum Gasteiger partial charge on any atom is 0.0597 e. The number of anilines is 2. The van der Waals surface area contributed by atoms with E-state index in [1.54, 1.807) is 0 Å². The summed E-state index contributed by atoms with van der Waals surface area (Å²) in [5.41, 5.74) is 2.31. The lowest BCUT2D eigenvalue weighted by molar-refractivity contribution is 0.330. The van der Waals surface area contributed by atoms with Gasteiger partial charge in [0.2, 0.25) is 0 Å². The van der Waals surface area contributed by atoms with Crippen molar-refractivity contribution < 1.29 is 0 Å². The van der Waals surface area contributed by atoms with E-state index in [9.17, 15) is 0 Å². The van der Waals surface area contributed by atoms with Crippen molar-refractivity contribution in [2.75, 3.05) is 37.9 Å². The van der Waals surface area contributed by atoms with Crippen molar-refractivity contribution in [1.29, 1.82) is 0 Å². The molecular weight excluding hydrogens is 246 g/mol. The largest absolute Gasteiger partial charge is 0.379 e. The van der Waals surface area contributed by atoms with E-state index in [-0.39, 0.29) is 0 Å². The Morgan fingerprint density at radius 3 is 2.67 bits per heavy atom. The highest BCUT2D eigenvalue weighted by Gasteiger charge is 2.26. The SMILES string of the molecule is CC1CC(Nc2cc(Cl)ccc2N(C)C)CN1C. The summed E-state index contributed by atoms with van der Waals surface area (Å²) in [6.45, 7) is 3.35. The molecule has 4 heteroatoms. The molecule has 0 aliphatic carbocycles. The fraction of sp³-hybridized carbons (Fsp3) is 0.571. The van der Waals surface area contributed by atoms with Crippen LogP contribution in [0.5, 0.6) is 0 Å². The van der Waals surface area contributed by atoms with Crippen molar-refractivity contribution in [3.63, 3.8) is 0 Å². The third kappa shape index (κ3) is 2.90. The fourth-order valence-electron chi connectivity index (χ4n) is 2.53. The summed E-state index contributed by atoms with van der Waals surface area (Å²) in [5, 5.41) is 4.40. The van der Waals surface area contributed by atoms with Crippen molar-refractivity contribution in [2.45, 2.75) is 25.4 Å². The Morgan fingerprint density at radius 2 is 2.11 bits per heavy atom. The van der Waals surface area contributed by atoms with Crippen LogP contribution >= 0.6 is 11.6 Å². The van der Waals surface area contributed by atoms with Gasteiger partial charge >= 0.3 is 0 Å². The molecule has 1 N–H and O–H groups in total. The van der Waals surface area contributed by atoms with E-state index in [0.717, 1.165) is 17.3 Å². The molecule has 2 rings (SSSR count). The van der Waals surface area contributed by atoms with Gasteiger partial charge in [0.1, 0.15) is 0 Å². The number of likely N-dealkylation sites (tertiary alicyclic amines) is 1. The zero-order chi connectivity index (χ0) is 13.3. The number of hydrogen-bond acceptors (Lipinski definition) is 3. The second kappa shape index (κ2) is 5.37. The molecule has 1 aromatic rings. The number of hydrogen-bond donors (Lipinski definition) is 1. The minimum atomic E-state index is 0.502. The number of nitrogens with one attached hydrogen (secondary N) is 1. The number of benzene rings is 1. The first-order chi connectivity index (χ1) is 8.47. The zero-order valence-electron chi connectivity index (χ0n) is 11.6. The van der Waals surface area contributed by atoms with Crippen LogP contribution in [-0.4, -0.2) is 44.7 Å². The monoisotopic (exact) mass is 267 g/mol. The van der Waals surface area contributed by atoms with Crippen LogP contribution < -0.4 is 10.2 Å². The van der Waals surface area contributed by atoms with Gasteiger partial charge < -0.3 is 15.1 Å². The molecule has 3 nitrogen and oxygen atoms in total. The lowest BCUT2D eigenvalue weighted by Gasteiger charge is -2.22. The van der Waals surface area contributed by atoms with Gasteiger partial charge in [-0.3, -0.25) is 0 Å². The molecule has 0 saturated carbocycles. The van der Waals surface area contributed by atoms with E-state index >= 15 is 0 Å². The summed E-state index contributed by atoms with van der Waals surface area (Å²) >= 11 is 6.10.